The Morgan fingerprint density at radius 2 is 1.36 bits per heavy atom. The Bertz CT molecular complexity index is 1890. The Morgan fingerprint density at radius 3 is 2.22 bits per heavy atom. The zero-order valence-corrected chi connectivity index (χ0v) is 21.3. The van der Waals surface area contributed by atoms with Crippen molar-refractivity contribution in [2.45, 2.75) is 0 Å². The summed E-state index contributed by atoms with van der Waals surface area (Å²) in [5, 5.41) is 3.34. The van der Waals surface area contributed by atoms with Crippen LogP contribution in [0.1, 0.15) is 0 Å². The first-order chi connectivity index (χ1) is 17.7. The van der Waals surface area contributed by atoms with Gasteiger partial charge in [-0.05, 0) is 76.2 Å². The topological polar surface area (TPSA) is 38.9 Å². The van der Waals surface area contributed by atoms with Crippen molar-refractivity contribution in [3.63, 3.8) is 0 Å². The maximum absolute atomic E-state index is 6.20. The third-order valence-corrected chi connectivity index (χ3v) is 7.36. The molecule has 4 heteroatoms. The Labute approximate surface area is 221 Å². The van der Waals surface area contributed by atoms with Gasteiger partial charge in [0.2, 0.25) is 0 Å². The fourth-order valence-corrected chi connectivity index (χ4v) is 5.13. The normalized spacial score (nSPS) is 11.5. The lowest BCUT2D eigenvalue weighted by Crippen LogP contribution is -1.88. The molecule has 0 unspecified atom stereocenters. The SMILES string of the molecule is Ic1ccc(-c2ccc3cc(-c4ccc(-c5cccc6c5oc5ccccc56)nc4)cnc3c2)cc1. The molecular weight excluding hydrogens is 555 g/mol. The van der Waals surface area contributed by atoms with E-state index < -0.39 is 0 Å². The number of furan rings is 1. The minimum absolute atomic E-state index is 0.871. The Balaban J connectivity index is 1.23. The summed E-state index contributed by atoms with van der Waals surface area (Å²) in [6, 6.07) is 35.7. The van der Waals surface area contributed by atoms with Crippen LogP contribution in [0.5, 0.6) is 0 Å². The predicted octanol–water partition coefficient (Wildman–Crippen LogP) is 9.13. The van der Waals surface area contributed by atoms with E-state index >= 15 is 0 Å². The predicted molar refractivity (Wildman–Crippen MR) is 156 cm³/mol. The van der Waals surface area contributed by atoms with E-state index in [0.717, 1.165) is 55.2 Å². The molecule has 0 spiro atoms. The summed E-state index contributed by atoms with van der Waals surface area (Å²) in [6.07, 6.45) is 3.84. The number of nitrogens with zero attached hydrogens (tertiary/aromatic N) is 2. The summed E-state index contributed by atoms with van der Waals surface area (Å²) in [5.41, 5.74) is 9.08. The number of benzene rings is 4. The lowest BCUT2D eigenvalue weighted by Gasteiger charge is -2.07. The molecule has 0 aliphatic rings. The van der Waals surface area contributed by atoms with Gasteiger partial charge in [-0.1, -0.05) is 60.7 Å². The van der Waals surface area contributed by atoms with Gasteiger partial charge in [0, 0.05) is 48.8 Å². The highest BCUT2D eigenvalue weighted by atomic mass is 127. The second-order valence-corrected chi connectivity index (χ2v) is 10.1. The number of para-hydroxylation sites is 2. The highest BCUT2D eigenvalue weighted by Crippen LogP contribution is 2.35. The molecule has 0 radical (unpaired) electrons. The molecule has 0 N–H and O–H groups in total. The molecule has 3 heterocycles. The number of fused-ring (bicyclic) bond motifs is 4. The fourth-order valence-electron chi connectivity index (χ4n) is 4.77. The molecule has 0 saturated heterocycles. The van der Waals surface area contributed by atoms with Crippen LogP contribution in [0.4, 0.5) is 0 Å². The van der Waals surface area contributed by atoms with Gasteiger partial charge in [-0.3, -0.25) is 9.97 Å². The van der Waals surface area contributed by atoms with Crippen LogP contribution in [0.3, 0.4) is 0 Å². The van der Waals surface area contributed by atoms with Gasteiger partial charge >= 0.3 is 0 Å². The Hall–Kier alpha value is -4.03. The van der Waals surface area contributed by atoms with E-state index in [0.29, 0.717) is 0 Å². The van der Waals surface area contributed by atoms with Crippen LogP contribution in [-0.2, 0) is 0 Å². The third kappa shape index (κ3) is 3.65. The molecule has 0 bridgehead atoms. The van der Waals surface area contributed by atoms with Gasteiger partial charge in [-0.25, -0.2) is 0 Å². The van der Waals surface area contributed by atoms with Crippen molar-refractivity contribution in [1.82, 2.24) is 9.97 Å². The summed E-state index contributed by atoms with van der Waals surface area (Å²) >= 11 is 2.33. The van der Waals surface area contributed by atoms with Crippen molar-refractivity contribution in [3.8, 4) is 33.5 Å². The van der Waals surface area contributed by atoms with Gasteiger partial charge < -0.3 is 4.42 Å². The number of hydrogen-bond donors (Lipinski definition) is 0. The minimum atomic E-state index is 0.871. The minimum Gasteiger partial charge on any atom is -0.455 e. The number of pyridine rings is 2. The highest BCUT2D eigenvalue weighted by molar-refractivity contribution is 14.1. The second-order valence-electron chi connectivity index (χ2n) is 8.85. The van der Waals surface area contributed by atoms with Crippen molar-refractivity contribution < 1.29 is 4.42 Å². The molecule has 3 aromatic heterocycles. The summed E-state index contributed by atoms with van der Waals surface area (Å²) in [5.74, 6) is 0. The highest BCUT2D eigenvalue weighted by Gasteiger charge is 2.13. The Kier molecular flexibility index (Phi) is 5.06. The van der Waals surface area contributed by atoms with Gasteiger partial charge in [0.05, 0.1) is 11.2 Å². The smallest absolute Gasteiger partial charge is 0.144 e. The van der Waals surface area contributed by atoms with E-state index in [1.807, 2.05) is 30.6 Å². The maximum atomic E-state index is 6.20. The van der Waals surface area contributed by atoms with E-state index in [-0.39, 0.29) is 0 Å². The quantitative estimate of drug-likeness (QED) is 0.198. The van der Waals surface area contributed by atoms with Crippen molar-refractivity contribution in [3.05, 3.63) is 119 Å². The van der Waals surface area contributed by atoms with Crippen molar-refractivity contribution in [2.24, 2.45) is 0 Å². The van der Waals surface area contributed by atoms with Gasteiger partial charge in [-0.15, -0.1) is 0 Å². The number of halogens is 1. The largest absolute Gasteiger partial charge is 0.455 e. The van der Waals surface area contributed by atoms with Crippen LogP contribution in [0.15, 0.2) is 120 Å². The van der Waals surface area contributed by atoms with E-state index in [9.17, 15) is 0 Å². The first-order valence-corrected chi connectivity index (χ1v) is 12.8. The molecule has 0 aliphatic carbocycles. The van der Waals surface area contributed by atoms with Crippen LogP contribution < -0.4 is 0 Å². The van der Waals surface area contributed by atoms with Crippen LogP contribution in [0, 0.1) is 3.57 Å². The molecular formula is C32H19IN2O. The Morgan fingerprint density at radius 1 is 0.583 bits per heavy atom. The lowest BCUT2D eigenvalue weighted by atomic mass is 10.0. The standard InChI is InChI=1S/C32H19IN2O/c33-25-13-10-20(11-14-25)21-8-9-22-16-24(19-35-30(22)17-21)23-12-15-29(34-18-23)28-6-3-5-27-26-4-1-2-7-31(26)36-32(27)28/h1-19H. The fraction of sp³-hybridized carbons (Fsp3) is 0. The van der Waals surface area contributed by atoms with Crippen molar-refractivity contribution >= 4 is 55.4 Å². The first kappa shape index (κ1) is 21.3. The maximum Gasteiger partial charge on any atom is 0.144 e. The molecule has 7 rings (SSSR count). The molecule has 7 aromatic rings. The van der Waals surface area contributed by atoms with E-state index in [4.69, 9.17) is 14.4 Å². The molecule has 36 heavy (non-hydrogen) atoms. The summed E-state index contributed by atoms with van der Waals surface area (Å²) in [4.78, 5) is 9.56. The van der Waals surface area contributed by atoms with Crippen molar-refractivity contribution in [2.75, 3.05) is 0 Å². The molecule has 0 aliphatic heterocycles. The molecule has 170 valence electrons. The van der Waals surface area contributed by atoms with Gasteiger partial charge in [-0.2, -0.15) is 0 Å². The molecule has 0 fully saturated rings. The van der Waals surface area contributed by atoms with E-state index in [1.54, 1.807) is 0 Å². The van der Waals surface area contributed by atoms with Crippen LogP contribution >= 0.6 is 22.6 Å². The second kappa shape index (κ2) is 8.57. The van der Waals surface area contributed by atoms with E-state index in [2.05, 4.69) is 108 Å². The van der Waals surface area contributed by atoms with Gasteiger partial charge in [0.15, 0.2) is 0 Å². The number of rotatable bonds is 3. The van der Waals surface area contributed by atoms with Gasteiger partial charge in [0.1, 0.15) is 11.2 Å². The zero-order valence-electron chi connectivity index (χ0n) is 19.2. The summed E-state index contributed by atoms with van der Waals surface area (Å²) in [7, 11) is 0. The lowest BCUT2D eigenvalue weighted by molar-refractivity contribution is 0.670. The zero-order chi connectivity index (χ0) is 24.1. The molecule has 0 saturated carbocycles. The summed E-state index contributed by atoms with van der Waals surface area (Å²) < 4.78 is 7.43. The first-order valence-electron chi connectivity index (χ1n) is 11.8. The van der Waals surface area contributed by atoms with Crippen LogP contribution in [-0.4, -0.2) is 9.97 Å². The monoisotopic (exact) mass is 574 g/mol. The van der Waals surface area contributed by atoms with E-state index in [1.165, 1.54) is 14.7 Å². The third-order valence-electron chi connectivity index (χ3n) is 6.64. The molecule has 3 nitrogen and oxygen atoms in total. The molecule has 4 aromatic carbocycles. The number of aromatic nitrogens is 2. The van der Waals surface area contributed by atoms with Crippen LogP contribution in [0.2, 0.25) is 0 Å². The van der Waals surface area contributed by atoms with Crippen molar-refractivity contribution in [1.29, 1.82) is 0 Å². The average Bonchev–Trinajstić information content (AvgIpc) is 3.32. The summed E-state index contributed by atoms with van der Waals surface area (Å²) in [6.45, 7) is 0. The molecule has 0 amide bonds. The molecule has 0 atom stereocenters. The van der Waals surface area contributed by atoms with Crippen LogP contribution in [0.25, 0.3) is 66.4 Å². The van der Waals surface area contributed by atoms with Gasteiger partial charge in [0.25, 0.3) is 0 Å². The number of hydrogen-bond acceptors (Lipinski definition) is 3. The average molecular weight is 574 g/mol.